The average Bonchev–Trinajstić information content (AvgIpc) is 3.21. The molecule has 5 nitrogen and oxygen atoms in total. The van der Waals surface area contributed by atoms with Gasteiger partial charge in [0, 0.05) is 29.9 Å². The van der Waals surface area contributed by atoms with E-state index in [1.807, 2.05) is 0 Å². The number of hydrogen-bond donors (Lipinski definition) is 2. The van der Waals surface area contributed by atoms with Crippen LogP contribution < -0.4 is 5.32 Å². The molecular weight excluding hydrogens is 462 g/mol. The Bertz CT molecular complexity index is 1360. The molecule has 0 fully saturated rings. The summed E-state index contributed by atoms with van der Waals surface area (Å²) in [6, 6.07) is 10.9. The standard InChI is InChI=1S/C23H14ClF4N3O2/c24-16-8-21(20(28)9-18(16)26)29-10-14-11-31(15-4-1-12(2-5-15)23(32)33)30-22(14)13-3-6-17(25)19(27)7-13/h1-9,11,29H,10H2,(H,32,33). The first-order valence-corrected chi connectivity index (χ1v) is 9.87. The molecular formula is C23H14ClF4N3O2. The van der Waals surface area contributed by atoms with Gasteiger partial charge < -0.3 is 10.4 Å². The van der Waals surface area contributed by atoms with Crippen molar-refractivity contribution in [3.8, 4) is 16.9 Å². The molecule has 1 heterocycles. The highest BCUT2D eigenvalue weighted by atomic mass is 35.5. The number of benzene rings is 3. The smallest absolute Gasteiger partial charge is 0.335 e. The molecule has 0 aliphatic rings. The van der Waals surface area contributed by atoms with E-state index in [-0.39, 0.29) is 34.1 Å². The molecule has 1 aromatic heterocycles. The molecule has 0 unspecified atom stereocenters. The summed E-state index contributed by atoms with van der Waals surface area (Å²) in [6.07, 6.45) is 1.57. The Kier molecular flexibility index (Phi) is 6.06. The molecule has 0 atom stereocenters. The maximum absolute atomic E-state index is 14.1. The molecule has 0 amide bonds. The Balaban J connectivity index is 1.73. The van der Waals surface area contributed by atoms with E-state index in [1.54, 1.807) is 6.20 Å². The zero-order valence-corrected chi connectivity index (χ0v) is 17.4. The number of anilines is 1. The number of carboxylic acid groups (broad SMARTS) is 1. The van der Waals surface area contributed by atoms with Crippen molar-refractivity contribution >= 4 is 23.3 Å². The second-order valence-corrected chi connectivity index (χ2v) is 7.44. The number of halogens is 5. The first-order valence-electron chi connectivity index (χ1n) is 9.49. The quantitative estimate of drug-likeness (QED) is 0.263. The Hall–Kier alpha value is -3.85. The van der Waals surface area contributed by atoms with Gasteiger partial charge >= 0.3 is 5.97 Å². The van der Waals surface area contributed by atoms with Crippen molar-refractivity contribution in [2.75, 3.05) is 5.32 Å². The van der Waals surface area contributed by atoms with Crippen molar-refractivity contribution in [2.24, 2.45) is 0 Å². The van der Waals surface area contributed by atoms with E-state index in [0.717, 1.165) is 18.2 Å². The number of nitrogens with one attached hydrogen (secondary N) is 1. The van der Waals surface area contributed by atoms with Crippen LogP contribution in [0.3, 0.4) is 0 Å². The summed E-state index contributed by atoms with van der Waals surface area (Å²) in [5.74, 6) is -4.94. The van der Waals surface area contributed by atoms with E-state index >= 15 is 0 Å². The number of carboxylic acids is 1. The summed E-state index contributed by atoms with van der Waals surface area (Å²) in [4.78, 5) is 11.1. The van der Waals surface area contributed by atoms with Gasteiger partial charge in [-0.15, -0.1) is 0 Å². The predicted molar refractivity (Wildman–Crippen MR) is 115 cm³/mol. The van der Waals surface area contributed by atoms with E-state index in [4.69, 9.17) is 16.7 Å². The number of rotatable bonds is 6. The number of aromatic nitrogens is 2. The van der Waals surface area contributed by atoms with E-state index in [1.165, 1.54) is 35.0 Å². The number of nitrogens with zero attached hydrogens (tertiary/aromatic N) is 2. The fourth-order valence-corrected chi connectivity index (χ4v) is 3.33. The van der Waals surface area contributed by atoms with Gasteiger partial charge in [-0.05, 0) is 48.5 Å². The topological polar surface area (TPSA) is 67.2 Å². The second kappa shape index (κ2) is 8.95. The van der Waals surface area contributed by atoms with Crippen LogP contribution in [0.4, 0.5) is 23.2 Å². The zero-order valence-electron chi connectivity index (χ0n) is 16.6. The van der Waals surface area contributed by atoms with Crippen LogP contribution in [0.15, 0.2) is 60.8 Å². The highest BCUT2D eigenvalue weighted by molar-refractivity contribution is 6.31. The summed E-state index contributed by atoms with van der Waals surface area (Å²) in [5.41, 5.74) is 1.55. The monoisotopic (exact) mass is 475 g/mol. The third-order valence-electron chi connectivity index (χ3n) is 4.84. The summed E-state index contributed by atoms with van der Waals surface area (Å²) in [7, 11) is 0. The SMILES string of the molecule is O=C(O)c1ccc(-n2cc(CNc3cc(Cl)c(F)cc3F)c(-c3ccc(F)c(F)c3)n2)cc1. The second-order valence-electron chi connectivity index (χ2n) is 7.03. The third kappa shape index (κ3) is 4.68. The maximum Gasteiger partial charge on any atom is 0.335 e. The molecule has 0 saturated heterocycles. The van der Waals surface area contributed by atoms with Crippen molar-refractivity contribution < 1.29 is 27.5 Å². The van der Waals surface area contributed by atoms with Gasteiger partial charge in [-0.3, -0.25) is 0 Å². The Morgan fingerprint density at radius 2 is 1.67 bits per heavy atom. The molecule has 168 valence electrons. The van der Waals surface area contributed by atoms with Crippen LogP contribution >= 0.6 is 11.6 Å². The Morgan fingerprint density at radius 3 is 2.33 bits per heavy atom. The molecule has 4 rings (SSSR count). The Morgan fingerprint density at radius 1 is 0.939 bits per heavy atom. The average molecular weight is 476 g/mol. The van der Waals surface area contributed by atoms with Gasteiger partial charge in [-0.25, -0.2) is 27.0 Å². The third-order valence-corrected chi connectivity index (χ3v) is 5.13. The van der Waals surface area contributed by atoms with Gasteiger partial charge in [-0.2, -0.15) is 5.10 Å². The first kappa shape index (κ1) is 22.3. The molecule has 4 aromatic rings. The predicted octanol–water partition coefficient (Wildman–Crippen LogP) is 6.06. The molecule has 0 radical (unpaired) electrons. The van der Waals surface area contributed by atoms with Crippen molar-refractivity contribution in [2.45, 2.75) is 6.54 Å². The van der Waals surface area contributed by atoms with Crippen molar-refractivity contribution in [1.82, 2.24) is 9.78 Å². The molecule has 0 aliphatic carbocycles. The lowest BCUT2D eigenvalue weighted by atomic mass is 10.1. The lowest BCUT2D eigenvalue weighted by Crippen LogP contribution is -2.03. The fraction of sp³-hybridized carbons (Fsp3) is 0.0435. The van der Waals surface area contributed by atoms with Crippen LogP contribution in [0.25, 0.3) is 16.9 Å². The van der Waals surface area contributed by atoms with Crippen LogP contribution in [-0.4, -0.2) is 20.9 Å². The van der Waals surface area contributed by atoms with Gasteiger partial charge in [0.1, 0.15) is 11.6 Å². The molecule has 2 N–H and O–H groups in total. The van der Waals surface area contributed by atoms with Crippen LogP contribution in [0.1, 0.15) is 15.9 Å². The van der Waals surface area contributed by atoms with Crippen molar-refractivity contribution in [3.63, 3.8) is 0 Å². The summed E-state index contributed by atoms with van der Waals surface area (Å²) < 4.78 is 56.2. The molecule has 3 aromatic carbocycles. The highest BCUT2D eigenvalue weighted by Gasteiger charge is 2.16. The minimum absolute atomic E-state index is 0.0135. The van der Waals surface area contributed by atoms with Crippen molar-refractivity contribution in [3.05, 3.63) is 100 Å². The van der Waals surface area contributed by atoms with Crippen LogP contribution in [0.2, 0.25) is 5.02 Å². The van der Waals surface area contributed by atoms with Crippen LogP contribution in [0.5, 0.6) is 0 Å². The number of aromatic carboxylic acids is 1. The van der Waals surface area contributed by atoms with Gasteiger partial charge in [0.25, 0.3) is 0 Å². The largest absolute Gasteiger partial charge is 0.478 e. The van der Waals surface area contributed by atoms with Crippen LogP contribution in [-0.2, 0) is 6.54 Å². The van der Waals surface area contributed by atoms with E-state index in [0.29, 0.717) is 17.3 Å². The summed E-state index contributed by atoms with van der Waals surface area (Å²) in [6.45, 7) is -0.0135. The summed E-state index contributed by atoms with van der Waals surface area (Å²) >= 11 is 5.73. The Labute approximate surface area is 189 Å². The summed E-state index contributed by atoms with van der Waals surface area (Å²) in [5, 5.41) is 16.0. The van der Waals surface area contributed by atoms with Gasteiger partial charge in [-0.1, -0.05) is 11.6 Å². The van der Waals surface area contributed by atoms with Crippen molar-refractivity contribution in [1.29, 1.82) is 0 Å². The minimum Gasteiger partial charge on any atom is -0.478 e. The lowest BCUT2D eigenvalue weighted by molar-refractivity contribution is 0.0697. The van der Waals surface area contributed by atoms with Gasteiger partial charge in [0.15, 0.2) is 11.6 Å². The van der Waals surface area contributed by atoms with Gasteiger partial charge in [0.05, 0.1) is 27.7 Å². The fourth-order valence-electron chi connectivity index (χ4n) is 3.16. The molecule has 0 spiro atoms. The molecule has 0 saturated carbocycles. The maximum atomic E-state index is 14.1. The highest BCUT2D eigenvalue weighted by Crippen LogP contribution is 2.28. The first-order chi connectivity index (χ1) is 15.7. The molecule has 33 heavy (non-hydrogen) atoms. The number of hydrogen-bond acceptors (Lipinski definition) is 3. The zero-order chi connectivity index (χ0) is 23.7. The van der Waals surface area contributed by atoms with E-state index in [2.05, 4.69) is 10.4 Å². The molecule has 10 heteroatoms. The lowest BCUT2D eigenvalue weighted by Gasteiger charge is -2.09. The van der Waals surface area contributed by atoms with E-state index in [9.17, 15) is 22.4 Å². The minimum atomic E-state index is -1.09. The van der Waals surface area contributed by atoms with E-state index < -0.39 is 29.2 Å². The van der Waals surface area contributed by atoms with Crippen LogP contribution in [0, 0.1) is 23.3 Å². The number of carbonyl (C=O) groups is 1. The molecule has 0 bridgehead atoms. The van der Waals surface area contributed by atoms with Gasteiger partial charge in [0.2, 0.25) is 0 Å². The normalized spacial score (nSPS) is 10.9. The molecule has 0 aliphatic heterocycles.